The standard InChI is InChI=1S/C16H18N4O3S2/c1-10-4-2-3-5-12(10)20-9-11(8-13(20)22)14(23)17-15-18-19-16(25-15)24-7-6-21/h2-5,11,21H,6-9H2,1H3,(H,17,18,23)/t11-/m0/s1. The number of benzene rings is 1. The first-order chi connectivity index (χ1) is 12.1. The van der Waals surface area contributed by atoms with E-state index in [0.29, 0.717) is 21.8 Å². The SMILES string of the molecule is Cc1ccccc1N1C[C@@H](C(=O)Nc2nnc(SCCO)s2)CC1=O. The molecule has 2 aromatic rings. The number of anilines is 2. The van der Waals surface area contributed by atoms with Crippen molar-refractivity contribution in [2.24, 2.45) is 5.92 Å². The molecule has 2 heterocycles. The van der Waals surface area contributed by atoms with Crippen molar-refractivity contribution in [2.75, 3.05) is 29.1 Å². The van der Waals surface area contributed by atoms with E-state index in [1.165, 1.54) is 23.1 Å². The number of aromatic nitrogens is 2. The molecule has 1 aliphatic heterocycles. The van der Waals surface area contributed by atoms with Crippen LogP contribution in [0.4, 0.5) is 10.8 Å². The number of hydrogen-bond acceptors (Lipinski definition) is 7. The molecule has 0 bridgehead atoms. The maximum absolute atomic E-state index is 12.4. The van der Waals surface area contributed by atoms with Crippen LogP contribution in [0.5, 0.6) is 0 Å². The summed E-state index contributed by atoms with van der Waals surface area (Å²) in [4.78, 5) is 26.4. The summed E-state index contributed by atoms with van der Waals surface area (Å²) in [6.45, 7) is 2.37. The lowest BCUT2D eigenvalue weighted by Gasteiger charge is -2.18. The van der Waals surface area contributed by atoms with Gasteiger partial charge in [0.15, 0.2) is 4.34 Å². The Morgan fingerprint density at radius 1 is 1.44 bits per heavy atom. The Bertz CT molecular complexity index is 780. The molecule has 1 fully saturated rings. The van der Waals surface area contributed by atoms with Crippen molar-refractivity contribution in [1.82, 2.24) is 10.2 Å². The van der Waals surface area contributed by atoms with Crippen LogP contribution in [0.15, 0.2) is 28.6 Å². The first-order valence-electron chi connectivity index (χ1n) is 7.82. The zero-order valence-electron chi connectivity index (χ0n) is 13.6. The van der Waals surface area contributed by atoms with Crippen LogP contribution in [-0.2, 0) is 9.59 Å². The van der Waals surface area contributed by atoms with Crippen molar-refractivity contribution in [3.63, 3.8) is 0 Å². The first kappa shape index (κ1) is 17.8. The van der Waals surface area contributed by atoms with Crippen molar-refractivity contribution in [1.29, 1.82) is 0 Å². The highest BCUT2D eigenvalue weighted by molar-refractivity contribution is 8.01. The van der Waals surface area contributed by atoms with Gasteiger partial charge in [-0.1, -0.05) is 41.3 Å². The Morgan fingerprint density at radius 2 is 2.24 bits per heavy atom. The first-order valence-corrected chi connectivity index (χ1v) is 9.62. The molecule has 1 aromatic heterocycles. The summed E-state index contributed by atoms with van der Waals surface area (Å²) in [6.07, 6.45) is 0.186. The topological polar surface area (TPSA) is 95.4 Å². The van der Waals surface area contributed by atoms with E-state index < -0.39 is 5.92 Å². The quantitative estimate of drug-likeness (QED) is 0.589. The number of carbonyl (C=O) groups excluding carboxylic acids is 2. The fraction of sp³-hybridized carbons (Fsp3) is 0.375. The molecule has 1 aromatic carbocycles. The Labute approximate surface area is 153 Å². The average Bonchev–Trinajstić information content (AvgIpc) is 3.20. The number of aliphatic hydroxyl groups excluding tert-OH is 1. The number of rotatable bonds is 6. The average molecular weight is 378 g/mol. The van der Waals surface area contributed by atoms with Crippen LogP contribution in [0.1, 0.15) is 12.0 Å². The van der Waals surface area contributed by atoms with Crippen LogP contribution < -0.4 is 10.2 Å². The molecule has 3 rings (SSSR count). The number of para-hydroxylation sites is 1. The predicted octanol–water partition coefficient (Wildman–Crippen LogP) is 1.92. The maximum atomic E-state index is 12.4. The van der Waals surface area contributed by atoms with E-state index >= 15 is 0 Å². The third kappa shape index (κ3) is 4.17. The van der Waals surface area contributed by atoms with Gasteiger partial charge in [0.25, 0.3) is 0 Å². The third-order valence-electron chi connectivity index (χ3n) is 3.86. The lowest BCUT2D eigenvalue weighted by molar-refractivity contribution is -0.122. The number of aliphatic hydroxyl groups is 1. The molecule has 0 unspecified atom stereocenters. The van der Waals surface area contributed by atoms with E-state index in [1.807, 2.05) is 31.2 Å². The lowest BCUT2D eigenvalue weighted by atomic mass is 10.1. The normalized spacial score (nSPS) is 17.1. The molecule has 2 amide bonds. The molecular weight excluding hydrogens is 360 g/mol. The number of nitrogens with zero attached hydrogens (tertiary/aromatic N) is 3. The summed E-state index contributed by atoms with van der Waals surface area (Å²) in [5.41, 5.74) is 1.85. The number of thioether (sulfide) groups is 1. The maximum Gasteiger partial charge on any atom is 0.231 e. The minimum absolute atomic E-state index is 0.0501. The smallest absolute Gasteiger partial charge is 0.231 e. The van der Waals surface area contributed by atoms with Crippen molar-refractivity contribution in [2.45, 2.75) is 17.7 Å². The molecule has 1 atom stereocenters. The molecule has 9 heteroatoms. The van der Waals surface area contributed by atoms with Gasteiger partial charge < -0.3 is 15.3 Å². The predicted molar refractivity (Wildman–Crippen MR) is 98.0 cm³/mol. The van der Waals surface area contributed by atoms with E-state index in [1.54, 1.807) is 4.90 Å². The Morgan fingerprint density at radius 3 is 3.00 bits per heavy atom. The lowest BCUT2D eigenvalue weighted by Crippen LogP contribution is -2.28. The molecule has 1 saturated heterocycles. The Kier molecular flexibility index (Phi) is 5.67. The number of carbonyl (C=O) groups is 2. The zero-order chi connectivity index (χ0) is 17.8. The summed E-state index contributed by atoms with van der Waals surface area (Å²) in [5, 5.41) is 19.8. The minimum atomic E-state index is -0.412. The van der Waals surface area contributed by atoms with Gasteiger partial charge in [-0.3, -0.25) is 9.59 Å². The Balaban J connectivity index is 1.63. The van der Waals surface area contributed by atoms with Crippen LogP contribution in [0, 0.1) is 12.8 Å². The van der Waals surface area contributed by atoms with Gasteiger partial charge in [0, 0.05) is 24.4 Å². The van der Waals surface area contributed by atoms with E-state index in [4.69, 9.17) is 5.11 Å². The minimum Gasteiger partial charge on any atom is -0.396 e. The van der Waals surface area contributed by atoms with E-state index in [2.05, 4.69) is 15.5 Å². The van der Waals surface area contributed by atoms with E-state index in [0.717, 1.165) is 11.3 Å². The van der Waals surface area contributed by atoms with Crippen LogP contribution in [-0.4, -0.2) is 46.0 Å². The monoisotopic (exact) mass is 378 g/mol. The number of amides is 2. The zero-order valence-corrected chi connectivity index (χ0v) is 15.3. The molecule has 0 spiro atoms. The summed E-state index contributed by atoms with van der Waals surface area (Å²) in [5.74, 6) is -0.153. The second kappa shape index (κ2) is 7.94. The van der Waals surface area contributed by atoms with Gasteiger partial charge in [0.05, 0.1) is 12.5 Å². The third-order valence-corrected chi connectivity index (χ3v) is 5.81. The van der Waals surface area contributed by atoms with Gasteiger partial charge in [0.2, 0.25) is 16.9 Å². The van der Waals surface area contributed by atoms with Gasteiger partial charge in [0.1, 0.15) is 0 Å². The van der Waals surface area contributed by atoms with E-state index in [-0.39, 0.29) is 24.8 Å². The number of hydrogen-bond donors (Lipinski definition) is 2. The largest absolute Gasteiger partial charge is 0.396 e. The van der Waals surface area contributed by atoms with Crippen molar-refractivity contribution >= 4 is 45.7 Å². The van der Waals surface area contributed by atoms with Gasteiger partial charge >= 0.3 is 0 Å². The van der Waals surface area contributed by atoms with Crippen LogP contribution in [0.2, 0.25) is 0 Å². The summed E-state index contributed by atoms with van der Waals surface area (Å²) in [7, 11) is 0. The second-order valence-corrected chi connectivity index (χ2v) is 7.95. The molecule has 1 aliphatic rings. The van der Waals surface area contributed by atoms with Gasteiger partial charge in [-0.25, -0.2) is 0 Å². The highest BCUT2D eigenvalue weighted by Gasteiger charge is 2.35. The Hall–Kier alpha value is -1.97. The molecule has 0 aliphatic carbocycles. The highest BCUT2D eigenvalue weighted by Crippen LogP contribution is 2.29. The summed E-state index contributed by atoms with van der Waals surface area (Å²) >= 11 is 2.64. The van der Waals surface area contributed by atoms with Crippen LogP contribution in [0.25, 0.3) is 0 Å². The molecule has 0 radical (unpaired) electrons. The molecular formula is C16H18N4O3S2. The van der Waals surface area contributed by atoms with Gasteiger partial charge in [-0.15, -0.1) is 10.2 Å². The van der Waals surface area contributed by atoms with Crippen molar-refractivity contribution < 1.29 is 14.7 Å². The van der Waals surface area contributed by atoms with Crippen LogP contribution in [0.3, 0.4) is 0 Å². The van der Waals surface area contributed by atoms with Gasteiger partial charge in [-0.2, -0.15) is 0 Å². The van der Waals surface area contributed by atoms with E-state index in [9.17, 15) is 9.59 Å². The second-order valence-electron chi connectivity index (χ2n) is 5.63. The van der Waals surface area contributed by atoms with Gasteiger partial charge in [-0.05, 0) is 18.6 Å². The highest BCUT2D eigenvalue weighted by atomic mass is 32.2. The van der Waals surface area contributed by atoms with Crippen molar-refractivity contribution in [3.05, 3.63) is 29.8 Å². The molecule has 25 heavy (non-hydrogen) atoms. The van der Waals surface area contributed by atoms with Crippen LogP contribution >= 0.6 is 23.1 Å². The molecule has 7 nitrogen and oxygen atoms in total. The van der Waals surface area contributed by atoms with Crippen molar-refractivity contribution in [3.8, 4) is 0 Å². The molecule has 2 N–H and O–H groups in total. The number of nitrogens with one attached hydrogen (secondary N) is 1. The molecule has 0 saturated carbocycles. The summed E-state index contributed by atoms with van der Waals surface area (Å²) < 4.78 is 0.688. The fourth-order valence-corrected chi connectivity index (χ4v) is 4.21. The fourth-order valence-electron chi connectivity index (χ4n) is 2.64. The number of aryl methyl sites for hydroxylation is 1. The summed E-state index contributed by atoms with van der Waals surface area (Å²) in [6, 6.07) is 7.65. The molecule has 132 valence electrons.